The highest BCUT2D eigenvalue weighted by atomic mass is 16.6. The molecule has 10 unspecified atom stereocenters. The van der Waals surface area contributed by atoms with Crippen molar-refractivity contribution in [3.8, 4) is 0 Å². The summed E-state index contributed by atoms with van der Waals surface area (Å²) in [6.45, 7) is 0. The number of hydrogen-bond donors (Lipinski definition) is 0. The summed E-state index contributed by atoms with van der Waals surface area (Å²) >= 11 is 0. The summed E-state index contributed by atoms with van der Waals surface area (Å²) in [5.74, 6) is -3.26. The van der Waals surface area contributed by atoms with Gasteiger partial charge in [0, 0.05) is 10.8 Å². The molecule has 4 bridgehead atoms. The number of hydrogen-bond acceptors (Lipinski definition) is 7. The molecule has 0 aromatic carbocycles. The molecule has 0 aromatic rings. The molecule has 2 saturated heterocycles. The number of cyclic esters (lactones) is 4. The number of carbonyl (C=O) groups is 5. The number of ether oxygens (including phenoxy) is 2. The lowest BCUT2D eigenvalue weighted by Crippen LogP contribution is -2.65. The van der Waals surface area contributed by atoms with E-state index in [0.29, 0.717) is 19.3 Å². The molecule has 0 amide bonds. The minimum atomic E-state index is -0.526. The molecule has 7 fully saturated rings. The van der Waals surface area contributed by atoms with Gasteiger partial charge in [0.05, 0.1) is 23.7 Å². The molecule has 7 nitrogen and oxygen atoms in total. The molecule has 7 heteroatoms. The van der Waals surface area contributed by atoms with Crippen LogP contribution >= 0.6 is 0 Å². The van der Waals surface area contributed by atoms with E-state index in [1.807, 2.05) is 0 Å². The minimum Gasteiger partial charge on any atom is -0.393 e. The Balaban J connectivity index is 1.23. The van der Waals surface area contributed by atoms with Crippen LogP contribution in [0.25, 0.3) is 0 Å². The summed E-state index contributed by atoms with van der Waals surface area (Å²) in [6.07, 6.45) is 3.52. The number of esters is 4. The van der Waals surface area contributed by atoms with Crippen LogP contribution in [0.2, 0.25) is 0 Å². The number of rotatable bonds is 0. The molecule has 10 atom stereocenters. The first-order chi connectivity index (χ1) is 12.9. The average Bonchev–Trinajstić information content (AvgIpc) is 3.40. The van der Waals surface area contributed by atoms with E-state index in [4.69, 9.17) is 9.47 Å². The van der Waals surface area contributed by atoms with Gasteiger partial charge >= 0.3 is 23.9 Å². The van der Waals surface area contributed by atoms with Gasteiger partial charge in [0.25, 0.3) is 0 Å². The van der Waals surface area contributed by atoms with Crippen LogP contribution in [0.3, 0.4) is 0 Å². The third kappa shape index (κ3) is 1.31. The summed E-state index contributed by atoms with van der Waals surface area (Å²) in [4.78, 5) is 62.1. The van der Waals surface area contributed by atoms with Gasteiger partial charge in [0.15, 0.2) is 0 Å². The molecule has 27 heavy (non-hydrogen) atoms. The summed E-state index contributed by atoms with van der Waals surface area (Å²) in [5.41, 5.74) is -1.05. The first kappa shape index (κ1) is 14.9. The molecular weight excluding hydrogens is 352 g/mol. The standard InChI is InChI=1S/C20H18O7/c21-14-10-6-1-8(12(10)16(23)26-14)19(3-6)5-20(18(19)25)4-7-2-9(20)13-11(7)15(22)27-17(13)24/h6-13H,1-5H2. The summed E-state index contributed by atoms with van der Waals surface area (Å²) in [7, 11) is 0. The zero-order chi connectivity index (χ0) is 18.5. The van der Waals surface area contributed by atoms with E-state index in [1.165, 1.54) is 0 Å². The van der Waals surface area contributed by atoms with Gasteiger partial charge in [-0.1, -0.05) is 0 Å². The number of ketones is 1. The molecule has 7 rings (SSSR count). The van der Waals surface area contributed by atoms with Gasteiger partial charge < -0.3 is 9.47 Å². The van der Waals surface area contributed by atoms with Gasteiger partial charge in [-0.05, 0) is 55.8 Å². The van der Waals surface area contributed by atoms with Gasteiger partial charge in [0.2, 0.25) is 0 Å². The van der Waals surface area contributed by atoms with E-state index in [0.717, 1.165) is 12.8 Å². The molecule has 2 aliphatic heterocycles. The maximum Gasteiger partial charge on any atom is 0.317 e. The van der Waals surface area contributed by atoms with Crippen LogP contribution in [0.1, 0.15) is 32.1 Å². The Morgan fingerprint density at radius 2 is 1.04 bits per heavy atom. The van der Waals surface area contributed by atoms with Gasteiger partial charge in [-0.25, -0.2) is 0 Å². The smallest absolute Gasteiger partial charge is 0.317 e. The molecule has 140 valence electrons. The SMILES string of the molecule is O=C1OC(=O)C2C1C1CC2C2(C1)CC1(CC3CC1C1C(=O)OC(=O)C31)C2=O. The van der Waals surface area contributed by atoms with E-state index in [1.54, 1.807) is 0 Å². The maximum atomic E-state index is 13.7. The van der Waals surface area contributed by atoms with Gasteiger partial charge in [-0.3, -0.25) is 24.0 Å². The van der Waals surface area contributed by atoms with Crippen LogP contribution in [0.5, 0.6) is 0 Å². The fourth-order valence-electron chi connectivity index (χ4n) is 8.94. The van der Waals surface area contributed by atoms with Gasteiger partial charge in [-0.15, -0.1) is 0 Å². The molecule has 2 heterocycles. The topological polar surface area (TPSA) is 104 Å². The first-order valence-corrected chi connectivity index (χ1v) is 9.93. The van der Waals surface area contributed by atoms with Crippen LogP contribution < -0.4 is 0 Å². The third-order valence-corrected chi connectivity index (χ3v) is 9.47. The average molecular weight is 370 g/mol. The zero-order valence-corrected chi connectivity index (χ0v) is 14.5. The second-order valence-electron chi connectivity index (χ2n) is 10.0. The lowest BCUT2D eigenvalue weighted by atomic mass is 9.40. The van der Waals surface area contributed by atoms with Crippen LogP contribution in [-0.2, 0) is 33.4 Å². The Kier molecular flexibility index (Phi) is 2.23. The number of fused-ring (bicyclic) bond motifs is 12. The molecule has 7 aliphatic rings. The van der Waals surface area contributed by atoms with Crippen molar-refractivity contribution < 1.29 is 33.4 Å². The predicted octanol–water partition coefficient (Wildman–Crippen LogP) is 0.643. The Hall–Kier alpha value is -2.05. The summed E-state index contributed by atoms with van der Waals surface area (Å²) in [5, 5.41) is 0. The largest absolute Gasteiger partial charge is 0.393 e. The fraction of sp³-hybridized carbons (Fsp3) is 0.750. The molecule has 0 N–H and O–H groups in total. The van der Waals surface area contributed by atoms with Crippen molar-refractivity contribution in [3.63, 3.8) is 0 Å². The molecule has 5 aliphatic carbocycles. The normalized spacial score (nSPS) is 58.9. The Morgan fingerprint density at radius 1 is 0.630 bits per heavy atom. The first-order valence-electron chi connectivity index (χ1n) is 9.93. The van der Waals surface area contributed by atoms with Crippen LogP contribution in [-0.4, -0.2) is 29.7 Å². The van der Waals surface area contributed by atoms with E-state index in [9.17, 15) is 24.0 Å². The molecule has 0 radical (unpaired) electrons. The Bertz CT molecular complexity index is 836. The van der Waals surface area contributed by atoms with Crippen molar-refractivity contribution in [1.82, 2.24) is 0 Å². The van der Waals surface area contributed by atoms with E-state index < -0.39 is 46.5 Å². The molecule has 5 saturated carbocycles. The summed E-state index contributed by atoms with van der Waals surface area (Å²) in [6, 6.07) is 0. The highest BCUT2D eigenvalue weighted by Crippen LogP contribution is 2.79. The maximum absolute atomic E-state index is 13.7. The van der Waals surface area contributed by atoms with E-state index in [2.05, 4.69) is 0 Å². The quantitative estimate of drug-likeness (QED) is 0.455. The van der Waals surface area contributed by atoms with E-state index in [-0.39, 0.29) is 41.3 Å². The van der Waals surface area contributed by atoms with Crippen molar-refractivity contribution in [2.24, 2.45) is 58.2 Å². The fourth-order valence-corrected chi connectivity index (χ4v) is 8.94. The highest BCUT2D eigenvalue weighted by molar-refractivity contribution is 6.04. The Labute approximate surface area is 154 Å². The lowest BCUT2D eigenvalue weighted by Gasteiger charge is -2.60. The van der Waals surface area contributed by atoms with Crippen molar-refractivity contribution in [2.75, 3.05) is 0 Å². The van der Waals surface area contributed by atoms with Crippen molar-refractivity contribution in [2.45, 2.75) is 32.1 Å². The van der Waals surface area contributed by atoms with E-state index >= 15 is 0 Å². The number of carbonyl (C=O) groups excluding carboxylic acids is 5. The monoisotopic (exact) mass is 370 g/mol. The second kappa shape index (κ2) is 4.03. The highest BCUT2D eigenvalue weighted by Gasteiger charge is 2.82. The van der Waals surface area contributed by atoms with Crippen molar-refractivity contribution in [3.05, 3.63) is 0 Å². The van der Waals surface area contributed by atoms with Crippen molar-refractivity contribution in [1.29, 1.82) is 0 Å². The van der Waals surface area contributed by atoms with Gasteiger partial charge in [-0.2, -0.15) is 0 Å². The van der Waals surface area contributed by atoms with Crippen molar-refractivity contribution >= 4 is 29.7 Å². The van der Waals surface area contributed by atoms with Crippen LogP contribution in [0, 0.1) is 58.2 Å². The minimum absolute atomic E-state index is 0.0598. The van der Waals surface area contributed by atoms with Gasteiger partial charge in [0.1, 0.15) is 5.78 Å². The Morgan fingerprint density at radius 3 is 1.44 bits per heavy atom. The second-order valence-corrected chi connectivity index (χ2v) is 10.0. The summed E-state index contributed by atoms with van der Waals surface area (Å²) < 4.78 is 9.73. The van der Waals surface area contributed by atoms with Crippen LogP contribution in [0.4, 0.5) is 0 Å². The molecule has 0 aromatic heterocycles. The van der Waals surface area contributed by atoms with Crippen LogP contribution in [0.15, 0.2) is 0 Å². The lowest BCUT2D eigenvalue weighted by molar-refractivity contribution is -0.181. The molecule has 2 spiro atoms. The molecular formula is C20H18O7. The number of Topliss-reactive ketones (excluding diaryl/α,β-unsaturated/α-hetero) is 1. The third-order valence-electron chi connectivity index (χ3n) is 9.47. The zero-order valence-electron chi connectivity index (χ0n) is 14.5. The predicted molar refractivity (Wildman–Crippen MR) is 83.1 cm³/mol.